The summed E-state index contributed by atoms with van der Waals surface area (Å²) in [6.07, 6.45) is 4.26. The van der Waals surface area contributed by atoms with Crippen molar-refractivity contribution in [2.24, 2.45) is 0 Å². The number of piperidine rings is 1. The second kappa shape index (κ2) is 10.2. The molecule has 35 heavy (non-hydrogen) atoms. The zero-order chi connectivity index (χ0) is 24.2. The van der Waals surface area contributed by atoms with Gasteiger partial charge in [-0.1, -0.05) is 36.4 Å². The second-order valence-electron chi connectivity index (χ2n) is 8.84. The van der Waals surface area contributed by atoms with Crippen molar-refractivity contribution < 1.29 is 18.0 Å². The molecule has 0 saturated carbocycles. The average Bonchev–Trinajstić information content (AvgIpc) is 3.35. The van der Waals surface area contributed by atoms with E-state index in [1.54, 1.807) is 59.6 Å². The third kappa shape index (κ3) is 5.45. The van der Waals surface area contributed by atoms with Gasteiger partial charge >= 0.3 is 0 Å². The molecule has 0 unspecified atom stereocenters. The quantitative estimate of drug-likeness (QED) is 0.369. The fourth-order valence-corrected chi connectivity index (χ4v) is 4.46. The summed E-state index contributed by atoms with van der Waals surface area (Å²) in [5.74, 6) is 0.610. The number of nitrogens with zero attached hydrogens (tertiary/aromatic N) is 3. The van der Waals surface area contributed by atoms with Crippen LogP contribution in [0.5, 0.6) is 0 Å². The first-order chi connectivity index (χ1) is 17.0. The van der Waals surface area contributed by atoms with Gasteiger partial charge in [-0.3, -0.25) is 4.79 Å². The Balaban J connectivity index is 1.25. The van der Waals surface area contributed by atoms with Crippen LogP contribution in [0.1, 0.15) is 57.7 Å². The molecule has 178 valence electrons. The molecule has 1 fully saturated rings. The van der Waals surface area contributed by atoms with Crippen LogP contribution in [0.15, 0.2) is 77.3 Å². The van der Waals surface area contributed by atoms with Gasteiger partial charge in [0.15, 0.2) is 5.89 Å². The summed E-state index contributed by atoms with van der Waals surface area (Å²) in [5, 5.41) is 0. The molecule has 5 rings (SSSR count). The molecule has 7 heteroatoms. The molecule has 5 nitrogen and oxygen atoms in total. The summed E-state index contributed by atoms with van der Waals surface area (Å²) in [6.45, 7) is 1.13. The van der Waals surface area contributed by atoms with Crippen molar-refractivity contribution in [3.63, 3.8) is 0 Å². The van der Waals surface area contributed by atoms with E-state index in [-0.39, 0.29) is 23.5 Å². The molecule has 3 heterocycles. The first kappa shape index (κ1) is 22.9. The molecule has 0 bridgehead atoms. The third-order valence-corrected chi connectivity index (χ3v) is 6.28. The lowest BCUT2D eigenvalue weighted by atomic mass is 9.97. The van der Waals surface area contributed by atoms with Gasteiger partial charge in [0.2, 0.25) is 0 Å². The van der Waals surface area contributed by atoms with Gasteiger partial charge in [-0.25, -0.2) is 18.7 Å². The minimum atomic E-state index is -0.283. The van der Waals surface area contributed by atoms with Crippen LogP contribution in [0.2, 0.25) is 0 Å². The highest BCUT2D eigenvalue weighted by atomic mass is 19.1. The maximum absolute atomic E-state index is 14.0. The fraction of sp³-hybridized carbons (Fsp3) is 0.250. The zero-order valence-corrected chi connectivity index (χ0v) is 19.2. The van der Waals surface area contributed by atoms with Crippen molar-refractivity contribution in [1.29, 1.82) is 0 Å². The van der Waals surface area contributed by atoms with Crippen LogP contribution in [-0.4, -0.2) is 33.9 Å². The lowest BCUT2D eigenvalue weighted by Gasteiger charge is -2.31. The van der Waals surface area contributed by atoms with Gasteiger partial charge in [0.25, 0.3) is 5.91 Å². The first-order valence-electron chi connectivity index (χ1n) is 11.7. The standard InChI is InChI=1S/C28H25F2N3O2/c29-22-12-10-19(11-13-22)15-24-17-31-27(35-24)21-6-4-14-33(18-21)28(34)26-9-3-7-23(32-26)16-20-5-1-2-8-25(20)30/h1-3,5,7-13,17,21H,4,6,14-16,18H2/t21-/m1/s1. The van der Waals surface area contributed by atoms with Crippen molar-refractivity contribution in [2.45, 2.75) is 31.6 Å². The topological polar surface area (TPSA) is 59.2 Å². The number of rotatable bonds is 6. The number of carbonyl (C=O) groups excluding carboxylic acids is 1. The van der Waals surface area contributed by atoms with Gasteiger partial charge in [-0.15, -0.1) is 0 Å². The highest BCUT2D eigenvalue weighted by Gasteiger charge is 2.29. The maximum Gasteiger partial charge on any atom is 0.272 e. The van der Waals surface area contributed by atoms with Gasteiger partial charge in [-0.2, -0.15) is 0 Å². The SMILES string of the molecule is O=C(c1cccc(Cc2ccccc2F)n1)N1CCC[C@@H](c2ncc(Cc3ccc(F)cc3)o2)C1. The Morgan fingerprint density at radius 1 is 1.00 bits per heavy atom. The number of benzene rings is 2. The van der Waals surface area contributed by atoms with Crippen LogP contribution in [0.4, 0.5) is 8.78 Å². The number of pyridine rings is 1. The van der Waals surface area contributed by atoms with E-state index in [0.29, 0.717) is 54.5 Å². The summed E-state index contributed by atoms with van der Waals surface area (Å²) in [7, 11) is 0. The molecule has 0 aliphatic carbocycles. The Kier molecular flexibility index (Phi) is 6.66. The number of amides is 1. The summed E-state index contributed by atoms with van der Waals surface area (Å²) < 4.78 is 33.2. The summed E-state index contributed by atoms with van der Waals surface area (Å²) in [6, 6.07) is 18.2. The Morgan fingerprint density at radius 2 is 1.83 bits per heavy atom. The van der Waals surface area contributed by atoms with Crippen molar-refractivity contribution >= 4 is 5.91 Å². The van der Waals surface area contributed by atoms with Gasteiger partial charge in [0.05, 0.1) is 12.1 Å². The van der Waals surface area contributed by atoms with E-state index in [9.17, 15) is 13.6 Å². The van der Waals surface area contributed by atoms with Gasteiger partial charge < -0.3 is 9.32 Å². The van der Waals surface area contributed by atoms with Crippen molar-refractivity contribution in [2.75, 3.05) is 13.1 Å². The zero-order valence-electron chi connectivity index (χ0n) is 19.2. The van der Waals surface area contributed by atoms with E-state index in [2.05, 4.69) is 9.97 Å². The molecule has 4 aromatic rings. The second-order valence-corrected chi connectivity index (χ2v) is 8.84. The van der Waals surface area contributed by atoms with E-state index < -0.39 is 0 Å². The van der Waals surface area contributed by atoms with Crippen LogP contribution in [0, 0.1) is 11.6 Å². The summed E-state index contributed by atoms with van der Waals surface area (Å²) in [4.78, 5) is 24.0. The first-order valence-corrected chi connectivity index (χ1v) is 11.7. The van der Waals surface area contributed by atoms with Crippen molar-refractivity contribution in [1.82, 2.24) is 14.9 Å². The van der Waals surface area contributed by atoms with Gasteiger partial charge in [-0.05, 0) is 54.3 Å². The Labute approximate surface area is 202 Å². The number of oxazole rings is 1. The minimum Gasteiger partial charge on any atom is -0.445 e. The number of hydrogen-bond donors (Lipinski definition) is 0. The number of halogens is 2. The van der Waals surface area contributed by atoms with E-state index in [1.807, 2.05) is 0 Å². The lowest BCUT2D eigenvalue weighted by Crippen LogP contribution is -2.39. The molecule has 1 aliphatic heterocycles. The molecule has 0 radical (unpaired) electrons. The average molecular weight is 474 g/mol. The molecule has 0 N–H and O–H groups in total. The number of aromatic nitrogens is 2. The third-order valence-electron chi connectivity index (χ3n) is 6.28. The molecule has 2 aromatic heterocycles. The van der Waals surface area contributed by atoms with Crippen LogP contribution in [0.25, 0.3) is 0 Å². The molecular formula is C28H25F2N3O2. The predicted molar refractivity (Wildman–Crippen MR) is 127 cm³/mol. The fourth-order valence-electron chi connectivity index (χ4n) is 4.46. The normalized spacial score (nSPS) is 15.8. The van der Waals surface area contributed by atoms with Crippen LogP contribution < -0.4 is 0 Å². The van der Waals surface area contributed by atoms with Crippen molar-refractivity contribution in [3.05, 3.63) is 119 Å². The van der Waals surface area contributed by atoms with Crippen molar-refractivity contribution in [3.8, 4) is 0 Å². The van der Waals surface area contributed by atoms with Crippen LogP contribution in [-0.2, 0) is 12.8 Å². The predicted octanol–water partition coefficient (Wildman–Crippen LogP) is 5.55. The van der Waals surface area contributed by atoms with E-state index in [1.165, 1.54) is 18.2 Å². The Morgan fingerprint density at radius 3 is 2.66 bits per heavy atom. The Bertz CT molecular complexity index is 1320. The smallest absolute Gasteiger partial charge is 0.272 e. The maximum atomic E-state index is 14.0. The highest BCUT2D eigenvalue weighted by Crippen LogP contribution is 2.28. The highest BCUT2D eigenvalue weighted by molar-refractivity contribution is 5.92. The molecule has 1 saturated heterocycles. The molecule has 1 aliphatic rings. The largest absolute Gasteiger partial charge is 0.445 e. The molecular weight excluding hydrogens is 448 g/mol. The summed E-state index contributed by atoms with van der Waals surface area (Å²) >= 11 is 0. The molecule has 1 amide bonds. The van der Waals surface area contributed by atoms with E-state index in [0.717, 1.165) is 18.4 Å². The molecule has 0 spiro atoms. The van der Waals surface area contributed by atoms with Crippen LogP contribution in [0.3, 0.4) is 0 Å². The van der Waals surface area contributed by atoms with Gasteiger partial charge in [0, 0.05) is 31.6 Å². The number of likely N-dealkylation sites (tertiary alicyclic amines) is 1. The molecule has 1 atom stereocenters. The monoisotopic (exact) mass is 473 g/mol. The number of carbonyl (C=O) groups is 1. The minimum absolute atomic E-state index is 0.00346. The molecule has 2 aromatic carbocycles. The summed E-state index contributed by atoms with van der Waals surface area (Å²) in [5.41, 5.74) is 2.48. The van der Waals surface area contributed by atoms with E-state index in [4.69, 9.17) is 4.42 Å². The number of hydrogen-bond acceptors (Lipinski definition) is 4. The lowest BCUT2D eigenvalue weighted by molar-refractivity contribution is 0.0691. The van der Waals surface area contributed by atoms with E-state index >= 15 is 0 Å². The van der Waals surface area contributed by atoms with Crippen LogP contribution >= 0.6 is 0 Å². The van der Waals surface area contributed by atoms with Gasteiger partial charge in [0.1, 0.15) is 23.1 Å². The Hall–Kier alpha value is -3.87.